The lowest BCUT2D eigenvalue weighted by atomic mass is 10.0. The average Bonchev–Trinajstić information content (AvgIpc) is 3.54. The molecule has 1 aromatic carbocycles. The lowest BCUT2D eigenvalue weighted by Gasteiger charge is -2.17. The molecule has 1 aliphatic rings. The van der Waals surface area contributed by atoms with Crippen molar-refractivity contribution in [3.8, 4) is 17.2 Å². The molecule has 3 aromatic rings. The fourth-order valence-electron chi connectivity index (χ4n) is 3.52. The van der Waals surface area contributed by atoms with Gasteiger partial charge in [0.15, 0.2) is 0 Å². The Morgan fingerprint density at radius 2 is 2.00 bits per heavy atom. The standard InChI is InChI=1S/C22H22F3N5O2/c1-29(11-12-32-2)20(31)16-13-27-30(19(16)14-7-8-14)21-26-10-9-18(28-21)15-5-3-4-6-17(15)22(23,24)25/h3-6,9-10,13-14H,7-8,11-12H2,1-2H3. The molecule has 32 heavy (non-hydrogen) atoms. The summed E-state index contributed by atoms with van der Waals surface area (Å²) in [6.45, 7) is 0.823. The second-order valence-corrected chi connectivity index (χ2v) is 7.63. The monoisotopic (exact) mass is 445 g/mol. The first-order valence-corrected chi connectivity index (χ1v) is 10.1. The maximum atomic E-state index is 13.5. The van der Waals surface area contributed by atoms with Gasteiger partial charge in [-0.2, -0.15) is 18.3 Å². The predicted octanol–water partition coefficient (Wildman–Crippen LogP) is 3.94. The third-order valence-corrected chi connectivity index (χ3v) is 5.32. The highest BCUT2D eigenvalue weighted by Gasteiger charge is 2.35. The van der Waals surface area contributed by atoms with Crippen LogP contribution in [0.2, 0.25) is 0 Å². The van der Waals surface area contributed by atoms with Crippen LogP contribution in [0.3, 0.4) is 0 Å². The summed E-state index contributed by atoms with van der Waals surface area (Å²) in [4.78, 5) is 23.1. The Bertz CT molecular complexity index is 1120. The normalized spacial score (nSPS) is 13.9. The molecule has 2 heterocycles. The zero-order valence-electron chi connectivity index (χ0n) is 17.6. The predicted molar refractivity (Wildman–Crippen MR) is 110 cm³/mol. The number of nitrogens with zero attached hydrogens (tertiary/aromatic N) is 5. The molecule has 168 valence electrons. The maximum absolute atomic E-state index is 13.5. The number of halogens is 3. The summed E-state index contributed by atoms with van der Waals surface area (Å²) in [6, 6.07) is 6.69. The summed E-state index contributed by atoms with van der Waals surface area (Å²) in [5.74, 6) is 0.0516. The van der Waals surface area contributed by atoms with Crippen molar-refractivity contribution in [2.24, 2.45) is 0 Å². The Balaban J connectivity index is 1.74. The lowest BCUT2D eigenvalue weighted by Crippen LogP contribution is -2.30. The van der Waals surface area contributed by atoms with E-state index in [4.69, 9.17) is 4.74 Å². The van der Waals surface area contributed by atoms with Gasteiger partial charge in [0.2, 0.25) is 0 Å². The number of carbonyl (C=O) groups excluding carboxylic acids is 1. The second-order valence-electron chi connectivity index (χ2n) is 7.63. The summed E-state index contributed by atoms with van der Waals surface area (Å²) in [5, 5.41) is 4.33. The van der Waals surface area contributed by atoms with Crippen molar-refractivity contribution >= 4 is 5.91 Å². The molecule has 0 radical (unpaired) electrons. The van der Waals surface area contributed by atoms with Gasteiger partial charge >= 0.3 is 6.18 Å². The van der Waals surface area contributed by atoms with Crippen molar-refractivity contribution in [3.05, 3.63) is 59.5 Å². The van der Waals surface area contributed by atoms with Gasteiger partial charge in [-0.1, -0.05) is 18.2 Å². The first-order chi connectivity index (χ1) is 15.3. The zero-order chi connectivity index (χ0) is 22.9. The maximum Gasteiger partial charge on any atom is 0.417 e. The van der Waals surface area contributed by atoms with E-state index in [9.17, 15) is 18.0 Å². The van der Waals surface area contributed by atoms with E-state index in [1.165, 1.54) is 41.3 Å². The van der Waals surface area contributed by atoms with Crippen molar-refractivity contribution in [1.82, 2.24) is 24.6 Å². The van der Waals surface area contributed by atoms with Crippen LogP contribution in [0.25, 0.3) is 17.2 Å². The van der Waals surface area contributed by atoms with Crippen LogP contribution in [0.15, 0.2) is 42.7 Å². The van der Waals surface area contributed by atoms with Crippen LogP contribution < -0.4 is 0 Å². The van der Waals surface area contributed by atoms with Crippen LogP contribution >= 0.6 is 0 Å². The van der Waals surface area contributed by atoms with Crippen LogP contribution in [0, 0.1) is 0 Å². The van der Waals surface area contributed by atoms with Gasteiger partial charge in [-0.3, -0.25) is 4.79 Å². The van der Waals surface area contributed by atoms with Gasteiger partial charge in [0.25, 0.3) is 11.9 Å². The molecule has 0 spiro atoms. The molecule has 0 bridgehead atoms. The van der Waals surface area contributed by atoms with Gasteiger partial charge in [0.1, 0.15) is 0 Å². The summed E-state index contributed by atoms with van der Waals surface area (Å²) in [7, 11) is 3.24. The highest BCUT2D eigenvalue weighted by Crippen LogP contribution is 2.42. The molecule has 0 unspecified atom stereocenters. The number of hydrogen-bond acceptors (Lipinski definition) is 5. The molecular weight excluding hydrogens is 423 g/mol. The van der Waals surface area contributed by atoms with Gasteiger partial charge in [-0.25, -0.2) is 14.6 Å². The molecule has 1 fully saturated rings. The van der Waals surface area contributed by atoms with E-state index in [-0.39, 0.29) is 29.0 Å². The zero-order valence-corrected chi connectivity index (χ0v) is 17.6. The first-order valence-electron chi connectivity index (χ1n) is 10.1. The van der Waals surface area contributed by atoms with Crippen molar-refractivity contribution in [3.63, 3.8) is 0 Å². The Morgan fingerprint density at radius 3 is 2.69 bits per heavy atom. The van der Waals surface area contributed by atoms with Gasteiger partial charge in [0, 0.05) is 38.4 Å². The van der Waals surface area contributed by atoms with Crippen molar-refractivity contribution in [2.45, 2.75) is 24.9 Å². The molecule has 10 heteroatoms. The highest BCUT2D eigenvalue weighted by molar-refractivity contribution is 5.95. The largest absolute Gasteiger partial charge is 0.417 e. The minimum Gasteiger partial charge on any atom is -0.383 e. The summed E-state index contributed by atoms with van der Waals surface area (Å²) < 4.78 is 46.9. The molecule has 1 amide bonds. The number of benzene rings is 1. The molecule has 7 nitrogen and oxygen atoms in total. The fraction of sp³-hybridized carbons (Fsp3) is 0.364. The molecule has 0 N–H and O–H groups in total. The molecule has 2 aromatic heterocycles. The van der Waals surface area contributed by atoms with E-state index in [0.717, 1.165) is 18.9 Å². The van der Waals surface area contributed by atoms with E-state index in [2.05, 4.69) is 15.1 Å². The van der Waals surface area contributed by atoms with E-state index >= 15 is 0 Å². The molecule has 0 aliphatic heterocycles. The molecular formula is C22H22F3N5O2. The van der Waals surface area contributed by atoms with Gasteiger partial charge in [-0.05, 0) is 25.0 Å². The smallest absolute Gasteiger partial charge is 0.383 e. The van der Waals surface area contributed by atoms with E-state index < -0.39 is 11.7 Å². The number of rotatable bonds is 7. The molecule has 1 aliphatic carbocycles. The van der Waals surface area contributed by atoms with Crippen molar-refractivity contribution in [1.29, 1.82) is 0 Å². The number of aromatic nitrogens is 4. The van der Waals surface area contributed by atoms with E-state index in [1.807, 2.05) is 0 Å². The van der Waals surface area contributed by atoms with Crippen LogP contribution in [-0.4, -0.2) is 57.9 Å². The number of carbonyl (C=O) groups is 1. The Morgan fingerprint density at radius 1 is 1.25 bits per heavy atom. The van der Waals surface area contributed by atoms with Crippen LogP contribution in [-0.2, 0) is 10.9 Å². The lowest BCUT2D eigenvalue weighted by molar-refractivity contribution is -0.137. The highest BCUT2D eigenvalue weighted by atomic mass is 19.4. The van der Waals surface area contributed by atoms with Crippen molar-refractivity contribution in [2.75, 3.05) is 27.3 Å². The SMILES string of the molecule is COCCN(C)C(=O)c1cnn(-c2nccc(-c3ccccc3C(F)(F)F)n2)c1C1CC1. The van der Waals surface area contributed by atoms with Crippen LogP contribution in [0.1, 0.15) is 40.4 Å². The number of methoxy groups -OCH3 is 1. The van der Waals surface area contributed by atoms with E-state index in [1.54, 1.807) is 19.1 Å². The van der Waals surface area contributed by atoms with Gasteiger partial charge in [0.05, 0.1) is 35.3 Å². The Labute approximate surface area is 182 Å². The summed E-state index contributed by atoms with van der Waals surface area (Å²) in [6.07, 6.45) is 0.141. The summed E-state index contributed by atoms with van der Waals surface area (Å²) in [5.41, 5.74) is 0.434. The number of alkyl halides is 3. The van der Waals surface area contributed by atoms with Crippen LogP contribution in [0.4, 0.5) is 13.2 Å². The second kappa shape index (κ2) is 8.70. The van der Waals surface area contributed by atoms with Crippen LogP contribution in [0.5, 0.6) is 0 Å². The first kappa shape index (κ1) is 21.9. The third kappa shape index (κ3) is 4.36. The average molecular weight is 445 g/mol. The number of ether oxygens (including phenoxy) is 1. The number of amides is 1. The van der Waals surface area contributed by atoms with Crippen molar-refractivity contribution < 1.29 is 22.7 Å². The Kier molecular flexibility index (Phi) is 5.96. The molecule has 4 rings (SSSR count). The fourth-order valence-corrected chi connectivity index (χ4v) is 3.52. The number of hydrogen-bond donors (Lipinski definition) is 0. The quantitative estimate of drug-likeness (QED) is 0.551. The minimum absolute atomic E-state index is 0.0422. The Hall–Kier alpha value is -3.27. The van der Waals surface area contributed by atoms with Gasteiger partial charge in [-0.15, -0.1) is 0 Å². The molecule has 0 saturated heterocycles. The third-order valence-electron chi connectivity index (χ3n) is 5.32. The number of likely N-dealkylation sites (N-methyl/N-ethyl adjacent to an activating group) is 1. The molecule has 1 saturated carbocycles. The minimum atomic E-state index is -4.51. The van der Waals surface area contributed by atoms with Gasteiger partial charge < -0.3 is 9.64 Å². The van der Waals surface area contributed by atoms with E-state index in [0.29, 0.717) is 24.4 Å². The molecule has 0 atom stereocenters. The topological polar surface area (TPSA) is 73.1 Å². The summed E-state index contributed by atoms with van der Waals surface area (Å²) >= 11 is 0.